The molecule has 0 unspecified atom stereocenters. The molecule has 128 valence electrons. The number of nitrogens with one attached hydrogen (secondary N) is 1. The van der Waals surface area contributed by atoms with E-state index in [0.717, 1.165) is 38.1 Å². The van der Waals surface area contributed by atoms with Gasteiger partial charge in [0.2, 0.25) is 11.8 Å². The average Bonchev–Trinajstić information content (AvgIpc) is 3.03. The number of rotatable bonds is 5. The summed E-state index contributed by atoms with van der Waals surface area (Å²) >= 11 is 0. The van der Waals surface area contributed by atoms with Gasteiger partial charge in [0.15, 0.2) is 5.82 Å². The molecule has 7 nitrogen and oxygen atoms in total. The fourth-order valence-electron chi connectivity index (χ4n) is 3.47. The summed E-state index contributed by atoms with van der Waals surface area (Å²) in [5, 5.41) is 16.5. The SMILES string of the molecule is O=C(CN1CCC[C@@H](O)C1)NCc1nc(C2CCCCC2)no1. The second kappa shape index (κ2) is 7.88. The number of amides is 1. The molecule has 1 aromatic heterocycles. The maximum atomic E-state index is 12.0. The largest absolute Gasteiger partial charge is 0.392 e. The van der Waals surface area contributed by atoms with Crippen LogP contribution in [0.4, 0.5) is 0 Å². The maximum absolute atomic E-state index is 12.0. The Kier molecular flexibility index (Phi) is 5.61. The van der Waals surface area contributed by atoms with Gasteiger partial charge >= 0.3 is 0 Å². The highest BCUT2D eigenvalue weighted by molar-refractivity contribution is 5.77. The van der Waals surface area contributed by atoms with Gasteiger partial charge in [-0.1, -0.05) is 24.4 Å². The summed E-state index contributed by atoms with van der Waals surface area (Å²) in [6, 6.07) is 0. The van der Waals surface area contributed by atoms with Crippen LogP contribution in [0.2, 0.25) is 0 Å². The van der Waals surface area contributed by atoms with Gasteiger partial charge < -0.3 is 14.9 Å². The molecular formula is C16H26N4O3. The summed E-state index contributed by atoms with van der Waals surface area (Å²) in [7, 11) is 0. The van der Waals surface area contributed by atoms with Crippen molar-refractivity contribution < 1.29 is 14.4 Å². The summed E-state index contributed by atoms with van der Waals surface area (Å²) in [6.45, 7) is 2.01. The summed E-state index contributed by atoms with van der Waals surface area (Å²) in [4.78, 5) is 18.4. The first kappa shape index (κ1) is 16.4. The van der Waals surface area contributed by atoms with E-state index in [2.05, 4.69) is 15.5 Å². The molecule has 23 heavy (non-hydrogen) atoms. The van der Waals surface area contributed by atoms with E-state index in [1.807, 2.05) is 4.90 Å². The minimum Gasteiger partial charge on any atom is -0.392 e. The minimum atomic E-state index is -0.314. The summed E-state index contributed by atoms with van der Waals surface area (Å²) < 4.78 is 5.25. The first-order valence-electron chi connectivity index (χ1n) is 8.70. The number of piperidine rings is 1. The van der Waals surface area contributed by atoms with Crippen molar-refractivity contribution in [1.29, 1.82) is 0 Å². The molecule has 0 aromatic carbocycles. The molecule has 2 N–H and O–H groups in total. The van der Waals surface area contributed by atoms with Crippen LogP contribution >= 0.6 is 0 Å². The number of β-amino-alcohol motifs (C(OH)–C–C–N with tert-alkyl or cyclic N) is 1. The molecule has 0 radical (unpaired) electrons. The summed E-state index contributed by atoms with van der Waals surface area (Å²) in [5.41, 5.74) is 0. The predicted molar refractivity (Wildman–Crippen MR) is 83.7 cm³/mol. The Balaban J connectivity index is 1.42. The fraction of sp³-hybridized carbons (Fsp3) is 0.812. The van der Waals surface area contributed by atoms with Crippen molar-refractivity contribution in [2.45, 2.75) is 63.5 Å². The van der Waals surface area contributed by atoms with Crippen LogP contribution in [0.5, 0.6) is 0 Å². The fourth-order valence-corrected chi connectivity index (χ4v) is 3.47. The predicted octanol–water partition coefficient (Wildman–Crippen LogP) is 1.19. The number of likely N-dealkylation sites (tertiary alicyclic amines) is 1. The topological polar surface area (TPSA) is 91.5 Å². The van der Waals surface area contributed by atoms with Gasteiger partial charge in [0.05, 0.1) is 19.2 Å². The molecule has 1 aliphatic heterocycles. The molecule has 2 fully saturated rings. The summed E-state index contributed by atoms with van der Waals surface area (Å²) in [6.07, 6.45) is 7.45. The number of carbonyl (C=O) groups is 1. The van der Waals surface area contributed by atoms with Gasteiger partial charge in [-0.05, 0) is 32.2 Å². The lowest BCUT2D eigenvalue weighted by molar-refractivity contribution is -0.123. The number of hydrogen-bond donors (Lipinski definition) is 2. The van der Waals surface area contributed by atoms with E-state index in [9.17, 15) is 9.90 Å². The zero-order chi connectivity index (χ0) is 16.1. The van der Waals surface area contributed by atoms with Crippen LogP contribution in [0.15, 0.2) is 4.52 Å². The van der Waals surface area contributed by atoms with Gasteiger partial charge in [-0.3, -0.25) is 9.69 Å². The van der Waals surface area contributed by atoms with Gasteiger partial charge in [0.25, 0.3) is 0 Å². The van der Waals surface area contributed by atoms with Crippen LogP contribution in [0.25, 0.3) is 0 Å². The number of carbonyl (C=O) groups excluding carboxylic acids is 1. The molecule has 2 heterocycles. The van der Waals surface area contributed by atoms with Crippen molar-refractivity contribution in [3.63, 3.8) is 0 Å². The molecule has 1 saturated heterocycles. The number of aliphatic hydroxyl groups excluding tert-OH is 1. The maximum Gasteiger partial charge on any atom is 0.246 e. The Morgan fingerprint density at radius 1 is 1.26 bits per heavy atom. The van der Waals surface area contributed by atoms with Crippen molar-refractivity contribution >= 4 is 5.91 Å². The lowest BCUT2D eigenvalue weighted by Crippen LogP contribution is -2.44. The average molecular weight is 322 g/mol. The van der Waals surface area contributed by atoms with Crippen LogP contribution in [0, 0.1) is 0 Å². The molecule has 1 aromatic rings. The summed E-state index contributed by atoms with van der Waals surface area (Å²) in [5.74, 6) is 1.59. The molecular weight excluding hydrogens is 296 g/mol. The van der Waals surface area contributed by atoms with E-state index in [-0.39, 0.29) is 18.6 Å². The Morgan fingerprint density at radius 2 is 2.09 bits per heavy atom. The van der Waals surface area contributed by atoms with Gasteiger partial charge in [0, 0.05) is 12.5 Å². The van der Waals surface area contributed by atoms with Gasteiger partial charge in [0.1, 0.15) is 0 Å². The monoisotopic (exact) mass is 322 g/mol. The number of nitrogens with zero attached hydrogens (tertiary/aromatic N) is 3. The van der Waals surface area contributed by atoms with E-state index in [1.54, 1.807) is 0 Å². The Morgan fingerprint density at radius 3 is 2.87 bits per heavy atom. The number of aromatic nitrogens is 2. The first-order valence-corrected chi connectivity index (χ1v) is 8.70. The molecule has 0 spiro atoms. The van der Waals surface area contributed by atoms with Crippen LogP contribution in [-0.4, -0.2) is 51.8 Å². The van der Waals surface area contributed by atoms with E-state index < -0.39 is 0 Å². The zero-order valence-corrected chi connectivity index (χ0v) is 13.5. The van der Waals surface area contributed by atoms with Crippen molar-refractivity contribution in [2.24, 2.45) is 0 Å². The van der Waals surface area contributed by atoms with Gasteiger partial charge in [-0.2, -0.15) is 4.98 Å². The van der Waals surface area contributed by atoms with E-state index in [4.69, 9.17) is 4.52 Å². The third-order valence-corrected chi connectivity index (χ3v) is 4.74. The molecule has 7 heteroatoms. The first-order chi connectivity index (χ1) is 11.2. The number of hydrogen-bond acceptors (Lipinski definition) is 6. The highest BCUT2D eigenvalue weighted by Gasteiger charge is 2.22. The van der Waals surface area contributed by atoms with E-state index >= 15 is 0 Å². The van der Waals surface area contributed by atoms with Gasteiger partial charge in [-0.25, -0.2) is 0 Å². The van der Waals surface area contributed by atoms with Crippen molar-refractivity contribution in [1.82, 2.24) is 20.4 Å². The number of aliphatic hydroxyl groups is 1. The Labute approximate surface area is 136 Å². The third-order valence-electron chi connectivity index (χ3n) is 4.74. The van der Waals surface area contributed by atoms with Gasteiger partial charge in [-0.15, -0.1) is 0 Å². The van der Waals surface area contributed by atoms with Crippen LogP contribution in [-0.2, 0) is 11.3 Å². The quantitative estimate of drug-likeness (QED) is 0.846. The standard InChI is InChI=1S/C16H26N4O3/c21-13-7-4-8-20(10-13)11-14(22)17-9-15-18-16(19-23-15)12-5-2-1-3-6-12/h12-13,21H,1-11H2,(H,17,22)/t13-/m1/s1. The highest BCUT2D eigenvalue weighted by atomic mass is 16.5. The highest BCUT2D eigenvalue weighted by Crippen LogP contribution is 2.30. The smallest absolute Gasteiger partial charge is 0.246 e. The Bertz CT molecular complexity index is 513. The Hall–Kier alpha value is -1.47. The van der Waals surface area contributed by atoms with Crippen molar-refractivity contribution in [2.75, 3.05) is 19.6 Å². The van der Waals surface area contributed by atoms with Crippen LogP contribution in [0.3, 0.4) is 0 Å². The van der Waals surface area contributed by atoms with Crippen molar-refractivity contribution in [3.8, 4) is 0 Å². The minimum absolute atomic E-state index is 0.0727. The second-order valence-corrected chi connectivity index (χ2v) is 6.69. The lowest BCUT2D eigenvalue weighted by atomic mass is 9.89. The van der Waals surface area contributed by atoms with Crippen molar-refractivity contribution in [3.05, 3.63) is 11.7 Å². The third kappa shape index (κ3) is 4.75. The lowest BCUT2D eigenvalue weighted by Gasteiger charge is -2.29. The molecule has 1 saturated carbocycles. The normalized spacial score (nSPS) is 23.8. The van der Waals surface area contributed by atoms with Crippen LogP contribution < -0.4 is 5.32 Å². The van der Waals surface area contributed by atoms with E-state index in [1.165, 1.54) is 19.3 Å². The molecule has 1 atom stereocenters. The molecule has 1 aliphatic carbocycles. The second-order valence-electron chi connectivity index (χ2n) is 6.69. The van der Waals surface area contributed by atoms with E-state index in [0.29, 0.717) is 24.9 Å². The van der Waals surface area contributed by atoms with Crippen LogP contribution in [0.1, 0.15) is 62.6 Å². The molecule has 2 aliphatic rings. The molecule has 1 amide bonds. The molecule has 0 bridgehead atoms. The zero-order valence-electron chi connectivity index (χ0n) is 13.5. The molecule has 3 rings (SSSR count).